The summed E-state index contributed by atoms with van der Waals surface area (Å²) >= 11 is 9.29. The zero-order chi connectivity index (χ0) is 12.6. The molecular weight excluding hydrogens is 309 g/mol. The average molecular weight is 319 g/mol. The van der Waals surface area contributed by atoms with Crippen LogP contribution in [-0.4, -0.2) is 12.6 Å². The molecule has 0 saturated carbocycles. The number of carbonyl (C=O) groups is 1. The largest absolute Gasteiger partial charge is 0.460 e. The highest BCUT2D eigenvalue weighted by Gasteiger charge is 2.21. The van der Waals surface area contributed by atoms with Gasteiger partial charge in [-0.05, 0) is 19.1 Å². The molecule has 0 radical (unpaired) electrons. The Balaban J connectivity index is 2.64. The molecule has 0 aliphatic carbocycles. The van der Waals surface area contributed by atoms with E-state index in [1.807, 2.05) is 0 Å². The lowest BCUT2D eigenvalue weighted by Gasteiger charge is -1.97. The molecule has 0 amide bonds. The molecule has 0 fully saturated rings. The molecule has 2 N–H and O–H groups in total. The smallest absolute Gasteiger partial charge is 0.376 e. The first-order valence-corrected chi connectivity index (χ1v) is 6.05. The van der Waals surface area contributed by atoms with E-state index in [2.05, 4.69) is 15.9 Å². The fourth-order valence-electron chi connectivity index (χ4n) is 1.49. The molecule has 4 nitrogen and oxygen atoms in total. The molecule has 1 heterocycles. The van der Waals surface area contributed by atoms with Gasteiger partial charge >= 0.3 is 5.97 Å². The second kappa shape index (κ2) is 4.58. The van der Waals surface area contributed by atoms with Gasteiger partial charge in [0.2, 0.25) is 5.76 Å². The van der Waals surface area contributed by atoms with E-state index in [1.54, 1.807) is 19.1 Å². The van der Waals surface area contributed by atoms with E-state index in [9.17, 15) is 4.79 Å². The van der Waals surface area contributed by atoms with E-state index in [0.29, 0.717) is 16.0 Å². The van der Waals surface area contributed by atoms with Crippen LogP contribution in [0.4, 0.5) is 5.69 Å². The fourth-order valence-corrected chi connectivity index (χ4v) is 2.34. The van der Waals surface area contributed by atoms with E-state index in [-0.39, 0.29) is 18.1 Å². The molecule has 17 heavy (non-hydrogen) atoms. The molecule has 1 aromatic heterocycles. The summed E-state index contributed by atoms with van der Waals surface area (Å²) in [4.78, 5) is 11.6. The third kappa shape index (κ3) is 2.12. The highest BCUT2D eigenvalue weighted by Crippen LogP contribution is 2.36. The number of benzene rings is 1. The van der Waals surface area contributed by atoms with Crippen LogP contribution in [0, 0.1) is 0 Å². The Morgan fingerprint density at radius 1 is 1.59 bits per heavy atom. The van der Waals surface area contributed by atoms with Gasteiger partial charge in [-0.15, -0.1) is 0 Å². The summed E-state index contributed by atoms with van der Waals surface area (Å²) in [5, 5.41) is 0.976. The predicted molar refractivity (Wildman–Crippen MR) is 69.3 cm³/mol. The molecule has 2 aromatic rings. The first kappa shape index (κ1) is 12.3. The Morgan fingerprint density at radius 3 is 2.94 bits per heavy atom. The second-order valence-electron chi connectivity index (χ2n) is 3.33. The minimum atomic E-state index is -0.589. The molecule has 0 spiro atoms. The normalized spacial score (nSPS) is 10.8. The third-order valence-corrected chi connectivity index (χ3v) is 2.95. The number of nitrogen functional groups attached to an aromatic ring is 1. The van der Waals surface area contributed by atoms with Crippen molar-refractivity contribution >= 4 is 50.2 Å². The van der Waals surface area contributed by atoms with Gasteiger partial charge in [0.15, 0.2) is 5.58 Å². The Morgan fingerprint density at radius 2 is 2.29 bits per heavy atom. The number of anilines is 1. The monoisotopic (exact) mass is 317 g/mol. The van der Waals surface area contributed by atoms with Crippen LogP contribution < -0.4 is 5.73 Å². The van der Waals surface area contributed by atoms with E-state index >= 15 is 0 Å². The lowest BCUT2D eigenvalue weighted by molar-refractivity contribution is 0.0494. The Bertz CT molecular complexity index is 594. The van der Waals surface area contributed by atoms with Crippen molar-refractivity contribution in [3.05, 3.63) is 27.4 Å². The quantitative estimate of drug-likeness (QED) is 0.859. The van der Waals surface area contributed by atoms with Crippen LogP contribution >= 0.6 is 27.5 Å². The summed E-state index contributed by atoms with van der Waals surface area (Å²) in [6, 6.07) is 3.41. The molecule has 0 saturated heterocycles. The number of ether oxygens (including phenoxy) is 1. The summed E-state index contributed by atoms with van der Waals surface area (Å²) < 4.78 is 10.9. The summed E-state index contributed by atoms with van der Waals surface area (Å²) in [7, 11) is 0. The van der Waals surface area contributed by atoms with Crippen LogP contribution in [0.2, 0.25) is 5.02 Å². The number of rotatable bonds is 2. The van der Waals surface area contributed by atoms with Gasteiger partial charge in [-0.2, -0.15) is 0 Å². The standard InChI is InChI=1S/C11H9BrClNO3/c1-2-16-11(15)10-8(14)6-3-5(12)4-7(13)9(6)17-10/h3-4H,2,14H2,1H3. The van der Waals surface area contributed by atoms with E-state index in [0.717, 1.165) is 4.47 Å². The van der Waals surface area contributed by atoms with Crippen molar-refractivity contribution in [3.63, 3.8) is 0 Å². The van der Waals surface area contributed by atoms with Gasteiger partial charge in [0.1, 0.15) is 0 Å². The number of nitrogens with two attached hydrogens (primary N) is 1. The van der Waals surface area contributed by atoms with Gasteiger partial charge in [0, 0.05) is 9.86 Å². The van der Waals surface area contributed by atoms with Gasteiger partial charge in [-0.3, -0.25) is 0 Å². The Kier molecular flexibility index (Phi) is 3.31. The molecule has 0 atom stereocenters. The van der Waals surface area contributed by atoms with Crippen LogP contribution in [-0.2, 0) is 4.74 Å². The SMILES string of the molecule is CCOC(=O)c1oc2c(Cl)cc(Br)cc2c1N. The number of carbonyl (C=O) groups excluding carboxylic acids is 1. The van der Waals surface area contributed by atoms with Crippen LogP contribution in [0.15, 0.2) is 21.0 Å². The first-order chi connectivity index (χ1) is 8.04. The summed E-state index contributed by atoms with van der Waals surface area (Å²) in [5.74, 6) is -0.602. The molecule has 90 valence electrons. The molecule has 2 rings (SSSR count). The van der Waals surface area contributed by atoms with Crippen LogP contribution in [0.5, 0.6) is 0 Å². The molecule has 1 aromatic carbocycles. The Hall–Kier alpha value is -1.20. The van der Waals surface area contributed by atoms with Gasteiger partial charge in [0.25, 0.3) is 0 Å². The van der Waals surface area contributed by atoms with Crippen molar-refractivity contribution in [2.45, 2.75) is 6.92 Å². The number of hydrogen-bond acceptors (Lipinski definition) is 4. The van der Waals surface area contributed by atoms with Crippen molar-refractivity contribution in [2.24, 2.45) is 0 Å². The summed E-state index contributed by atoms with van der Waals surface area (Å²) in [5.41, 5.74) is 6.46. The minimum Gasteiger partial charge on any atom is -0.460 e. The highest BCUT2D eigenvalue weighted by molar-refractivity contribution is 9.10. The zero-order valence-electron chi connectivity index (χ0n) is 8.92. The number of hydrogen-bond donors (Lipinski definition) is 1. The molecule has 6 heteroatoms. The van der Waals surface area contributed by atoms with Gasteiger partial charge in [0.05, 0.1) is 17.3 Å². The van der Waals surface area contributed by atoms with E-state index in [1.165, 1.54) is 0 Å². The number of fused-ring (bicyclic) bond motifs is 1. The lowest BCUT2D eigenvalue weighted by Crippen LogP contribution is -2.05. The van der Waals surface area contributed by atoms with Crippen molar-refractivity contribution in [1.29, 1.82) is 0 Å². The van der Waals surface area contributed by atoms with Gasteiger partial charge in [-0.25, -0.2) is 4.79 Å². The number of furan rings is 1. The Labute approximate surface area is 111 Å². The summed E-state index contributed by atoms with van der Waals surface area (Å²) in [6.45, 7) is 1.97. The zero-order valence-corrected chi connectivity index (χ0v) is 11.3. The van der Waals surface area contributed by atoms with Crippen molar-refractivity contribution in [1.82, 2.24) is 0 Å². The van der Waals surface area contributed by atoms with Crippen molar-refractivity contribution in [3.8, 4) is 0 Å². The van der Waals surface area contributed by atoms with Crippen LogP contribution in [0.25, 0.3) is 11.0 Å². The second-order valence-corrected chi connectivity index (χ2v) is 4.65. The van der Waals surface area contributed by atoms with Gasteiger partial charge < -0.3 is 14.9 Å². The lowest BCUT2D eigenvalue weighted by atomic mass is 10.2. The molecular formula is C11H9BrClNO3. The maximum absolute atomic E-state index is 11.6. The van der Waals surface area contributed by atoms with Crippen molar-refractivity contribution in [2.75, 3.05) is 12.3 Å². The predicted octanol–water partition coefficient (Wildman–Crippen LogP) is 3.61. The topological polar surface area (TPSA) is 65.5 Å². The maximum Gasteiger partial charge on any atom is 0.376 e. The molecule has 0 aliphatic rings. The van der Waals surface area contributed by atoms with Crippen LogP contribution in [0.1, 0.15) is 17.5 Å². The van der Waals surface area contributed by atoms with E-state index in [4.69, 9.17) is 26.5 Å². The number of halogens is 2. The van der Waals surface area contributed by atoms with Crippen molar-refractivity contribution < 1.29 is 13.9 Å². The maximum atomic E-state index is 11.6. The van der Waals surface area contributed by atoms with Gasteiger partial charge in [-0.1, -0.05) is 27.5 Å². The molecule has 0 bridgehead atoms. The fraction of sp³-hybridized carbons (Fsp3) is 0.182. The minimum absolute atomic E-state index is 0.0122. The highest BCUT2D eigenvalue weighted by atomic mass is 79.9. The third-order valence-electron chi connectivity index (χ3n) is 2.21. The average Bonchev–Trinajstić information content (AvgIpc) is 2.57. The number of esters is 1. The first-order valence-electron chi connectivity index (χ1n) is 4.88. The van der Waals surface area contributed by atoms with Crippen LogP contribution in [0.3, 0.4) is 0 Å². The summed E-state index contributed by atoms with van der Waals surface area (Å²) in [6.07, 6.45) is 0. The molecule has 0 aliphatic heterocycles. The molecule has 0 unspecified atom stereocenters. The van der Waals surface area contributed by atoms with E-state index < -0.39 is 5.97 Å².